The van der Waals surface area contributed by atoms with E-state index in [-0.39, 0.29) is 5.04 Å². The average Bonchev–Trinajstić information content (AvgIpc) is 2.34. The highest BCUT2D eigenvalue weighted by atomic mass is 28.4. The zero-order valence-corrected chi connectivity index (χ0v) is 14.5. The molecule has 110 valence electrons. The molecular formula is C17H26O2Si. The third-order valence-electron chi connectivity index (χ3n) is 3.78. The molecule has 1 aromatic rings. The summed E-state index contributed by atoms with van der Waals surface area (Å²) < 4.78 is 11.4. The summed E-state index contributed by atoms with van der Waals surface area (Å²) in [4.78, 5) is 0. The largest absolute Gasteiger partial charge is 0.544 e. The summed E-state index contributed by atoms with van der Waals surface area (Å²) in [7, 11) is -0.136. The number of rotatable bonds is 5. The summed E-state index contributed by atoms with van der Waals surface area (Å²) in [5.74, 6) is 1.56. The van der Waals surface area contributed by atoms with Crippen LogP contribution in [0.3, 0.4) is 0 Å². The molecule has 2 nitrogen and oxygen atoms in total. The van der Waals surface area contributed by atoms with Crippen LogP contribution >= 0.6 is 0 Å². The number of para-hydroxylation sites is 1. The molecule has 20 heavy (non-hydrogen) atoms. The first-order valence-corrected chi connectivity index (χ1v) is 9.77. The van der Waals surface area contributed by atoms with Crippen molar-refractivity contribution in [2.75, 3.05) is 7.11 Å². The van der Waals surface area contributed by atoms with Gasteiger partial charge in [0.05, 0.1) is 12.9 Å². The lowest BCUT2D eigenvalue weighted by atomic mass is 10.2. The number of ether oxygens (including phenoxy) is 1. The van der Waals surface area contributed by atoms with E-state index >= 15 is 0 Å². The molecule has 0 unspecified atom stereocenters. The van der Waals surface area contributed by atoms with Crippen molar-refractivity contribution in [1.29, 1.82) is 0 Å². The molecule has 3 heteroatoms. The van der Waals surface area contributed by atoms with Crippen LogP contribution in [0.15, 0.2) is 42.7 Å². The lowest BCUT2D eigenvalue weighted by molar-refractivity contribution is 0.402. The van der Waals surface area contributed by atoms with Gasteiger partial charge in [0.25, 0.3) is 0 Å². The predicted molar refractivity (Wildman–Crippen MR) is 89.5 cm³/mol. The molecule has 0 aliphatic rings. The highest BCUT2D eigenvalue weighted by molar-refractivity contribution is 6.74. The first kappa shape index (κ1) is 16.6. The molecule has 1 rings (SSSR count). The highest BCUT2D eigenvalue weighted by Gasteiger charge is 2.38. The predicted octanol–water partition coefficient (Wildman–Crippen LogP) is 5.24. The molecule has 0 aliphatic carbocycles. The van der Waals surface area contributed by atoms with E-state index < -0.39 is 8.32 Å². The number of hydrogen-bond acceptors (Lipinski definition) is 2. The second-order valence-corrected chi connectivity index (χ2v) is 11.1. The zero-order chi connectivity index (χ0) is 15.4. The number of benzene rings is 1. The van der Waals surface area contributed by atoms with Gasteiger partial charge in [-0.05, 0) is 36.4 Å². The summed E-state index contributed by atoms with van der Waals surface area (Å²) in [5, 5.41) is 0.175. The molecule has 0 aromatic heterocycles. The molecule has 0 fully saturated rings. The molecular weight excluding hydrogens is 264 g/mol. The van der Waals surface area contributed by atoms with Gasteiger partial charge in [0.2, 0.25) is 8.32 Å². The molecule has 0 radical (unpaired) electrons. The quantitative estimate of drug-likeness (QED) is 0.419. The van der Waals surface area contributed by atoms with E-state index in [0.29, 0.717) is 5.76 Å². The fourth-order valence-corrected chi connectivity index (χ4v) is 2.53. The van der Waals surface area contributed by atoms with Gasteiger partial charge in [-0.2, -0.15) is 0 Å². The van der Waals surface area contributed by atoms with E-state index in [1.165, 1.54) is 0 Å². The van der Waals surface area contributed by atoms with E-state index in [0.717, 1.165) is 11.3 Å². The number of allylic oxidation sites excluding steroid dienone is 1. The van der Waals surface area contributed by atoms with Crippen LogP contribution in [0.5, 0.6) is 5.75 Å². The SMILES string of the molecule is C=C(/C=C/c1ccccc1OC)O[Si](C)(C)C(C)(C)C. The van der Waals surface area contributed by atoms with Crippen molar-refractivity contribution in [3.05, 3.63) is 48.2 Å². The lowest BCUT2D eigenvalue weighted by Gasteiger charge is -2.36. The van der Waals surface area contributed by atoms with Gasteiger partial charge in [0.1, 0.15) is 5.75 Å². The van der Waals surface area contributed by atoms with Crippen molar-refractivity contribution in [2.45, 2.75) is 38.9 Å². The Kier molecular flexibility index (Phi) is 5.23. The van der Waals surface area contributed by atoms with Crippen LogP contribution in [0.4, 0.5) is 0 Å². The molecule has 0 saturated carbocycles. The van der Waals surface area contributed by atoms with Gasteiger partial charge in [0.15, 0.2) is 0 Å². The van der Waals surface area contributed by atoms with Gasteiger partial charge < -0.3 is 9.16 Å². The van der Waals surface area contributed by atoms with E-state index in [1.807, 2.05) is 36.4 Å². The Bertz CT molecular complexity index is 496. The minimum Gasteiger partial charge on any atom is -0.544 e. The third kappa shape index (κ3) is 4.27. The van der Waals surface area contributed by atoms with Gasteiger partial charge in [-0.1, -0.05) is 45.5 Å². The fraction of sp³-hybridized carbons (Fsp3) is 0.412. The van der Waals surface area contributed by atoms with Crippen LogP contribution in [0.2, 0.25) is 18.1 Å². The molecule has 0 aliphatic heterocycles. The van der Waals surface area contributed by atoms with E-state index in [2.05, 4.69) is 40.4 Å². The molecule has 1 aromatic carbocycles. The summed E-state index contributed by atoms with van der Waals surface area (Å²) in [6.07, 6.45) is 3.90. The minimum absolute atomic E-state index is 0.175. The lowest BCUT2D eigenvalue weighted by Crippen LogP contribution is -2.40. The van der Waals surface area contributed by atoms with Crippen molar-refractivity contribution >= 4 is 14.4 Å². The minimum atomic E-state index is -1.81. The third-order valence-corrected chi connectivity index (χ3v) is 8.17. The Labute approximate surface area is 124 Å². The van der Waals surface area contributed by atoms with Gasteiger partial charge >= 0.3 is 0 Å². The normalized spacial score (nSPS) is 12.5. The summed E-state index contributed by atoms with van der Waals surface area (Å²) in [6, 6.07) is 7.89. The summed E-state index contributed by atoms with van der Waals surface area (Å²) in [5.41, 5.74) is 1.02. The van der Waals surface area contributed by atoms with Crippen LogP contribution in [0.25, 0.3) is 6.08 Å². The Hall–Kier alpha value is -1.48. The molecule has 0 saturated heterocycles. The smallest absolute Gasteiger partial charge is 0.250 e. The molecule has 0 heterocycles. The first-order valence-electron chi connectivity index (χ1n) is 6.86. The maximum atomic E-state index is 6.11. The Morgan fingerprint density at radius 2 is 1.80 bits per heavy atom. The maximum absolute atomic E-state index is 6.11. The van der Waals surface area contributed by atoms with Crippen molar-refractivity contribution in [3.63, 3.8) is 0 Å². The average molecular weight is 290 g/mol. The topological polar surface area (TPSA) is 18.5 Å². The van der Waals surface area contributed by atoms with Crippen molar-refractivity contribution in [2.24, 2.45) is 0 Å². The van der Waals surface area contributed by atoms with Gasteiger partial charge in [-0.15, -0.1) is 0 Å². The van der Waals surface area contributed by atoms with E-state index in [1.54, 1.807) is 7.11 Å². The van der Waals surface area contributed by atoms with Crippen molar-refractivity contribution in [1.82, 2.24) is 0 Å². The molecule has 0 spiro atoms. The Morgan fingerprint density at radius 3 is 2.35 bits per heavy atom. The van der Waals surface area contributed by atoms with Gasteiger partial charge in [-0.25, -0.2) is 0 Å². The van der Waals surface area contributed by atoms with Crippen molar-refractivity contribution < 1.29 is 9.16 Å². The molecule has 0 bridgehead atoms. The van der Waals surface area contributed by atoms with Crippen LogP contribution in [0, 0.1) is 0 Å². The van der Waals surface area contributed by atoms with Crippen LogP contribution in [0.1, 0.15) is 26.3 Å². The molecule has 0 amide bonds. The van der Waals surface area contributed by atoms with Gasteiger partial charge in [0, 0.05) is 5.56 Å². The van der Waals surface area contributed by atoms with Crippen molar-refractivity contribution in [3.8, 4) is 5.75 Å². The van der Waals surface area contributed by atoms with Crippen LogP contribution < -0.4 is 4.74 Å². The Morgan fingerprint density at radius 1 is 1.20 bits per heavy atom. The first-order chi connectivity index (χ1) is 9.17. The molecule has 0 atom stereocenters. The van der Waals surface area contributed by atoms with E-state index in [9.17, 15) is 0 Å². The second-order valence-electron chi connectivity index (χ2n) is 6.40. The fourth-order valence-electron chi connectivity index (χ4n) is 1.50. The monoisotopic (exact) mass is 290 g/mol. The maximum Gasteiger partial charge on any atom is 0.250 e. The van der Waals surface area contributed by atoms with E-state index in [4.69, 9.17) is 9.16 Å². The van der Waals surface area contributed by atoms with Crippen LogP contribution in [-0.4, -0.2) is 15.4 Å². The van der Waals surface area contributed by atoms with Gasteiger partial charge in [-0.3, -0.25) is 0 Å². The summed E-state index contributed by atoms with van der Waals surface area (Å²) in [6.45, 7) is 15.1. The number of methoxy groups -OCH3 is 1. The zero-order valence-electron chi connectivity index (χ0n) is 13.5. The highest BCUT2D eigenvalue weighted by Crippen LogP contribution is 2.37. The second kappa shape index (κ2) is 6.31. The molecule has 0 N–H and O–H groups in total. The number of hydrogen-bond donors (Lipinski definition) is 0. The standard InChI is InChI=1S/C17H26O2Si/c1-14(19-20(6,7)17(2,3)4)12-13-15-10-8-9-11-16(15)18-5/h8-13H,1H2,2-7H3/b13-12+. The Balaban J connectivity index is 2.79. The van der Waals surface area contributed by atoms with Crippen LogP contribution in [-0.2, 0) is 4.43 Å². The summed E-state index contributed by atoms with van der Waals surface area (Å²) >= 11 is 0.